The molecule has 0 fully saturated rings. The number of nitrogens with zero attached hydrogens (tertiary/aromatic N) is 2. The second kappa shape index (κ2) is 12.8. The van der Waals surface area contributed by atoms with Crippen molar-refractivity contribution in [1.29, 1.82) is 5.26 Å². The molecule has 0 saturated heterocycles. The van der Waals surface area contributed by atoms with Crippen LogP contribution in [0, 0.1) is 32.1 Å². The third-order valence-electron chi connectivity index (χ3n) is 5.30. The Kier molecular flexibility index (Phi) is 10.2. The van der Waals surface area contributed by atoms with Crippen LogP contribution < -0.4 is 15.6 Å². The Hall–Kier alpha value is -3.28. The predicted octanol–water partition coefficient (Wildman–Crippen LogP) is 4.19. The molecule has 34 heavy (non-hydrogen) atoms. The van der Waals surface area contributed by atoms with Crippen molar-refractivity contribution in [3.8, 4) is 11.8 Å². The van der Waals surface area contributed by atoms with Gasteiger partial charge >= 0.3 is 0 Å². The monoisotopic (exact) mass is 486 g/mol. The average Bonchev–Trinajstić information content (AvgIpc) is 3.07. The van der Waals surface area contributed by atoms with E-state index in [9.17, 15) is 14.9 Å². The first-order valence-corrected chi connectivity index (χ1v) is 11.3. The number of hydrogen-bond donors (Lipinski definition) is 2. The third kappa shape index (κ3) is 7.37. The number of nitriles is 1. The molecular formula is C25H31ClN4O4. The fourth-order valence-electron chi connectivity index (χ4n) is 3.69. The number of hydrazine groups is 1. The summed E-state index contributed by atoms with van der Waals surface area (Å²) in [6.45, 7) is 8.69. The van der Waals surface area contributed by atoms with Crippen LogP contribution in [0.2, 0.25) is 5.02 Å². The summed E-state index contributed by atoms with van der Waals surface area (Å²) in [6.07, 6.45) is 2.12. The van der Waals surface area contributed by atoms with Gasteiger partial charge in [-0.1, -0.05) is 11.6 Å². The van der Waals surface area contributed by atoms with Crippen LogP contribution in [0.1, 0.15) is 48.3 Å². The maximum atomic E-state index is 12.4. The number of amides is 2. The lowest BCUT2D eigenvalue weighted by Gasteiger charge is -2.17. The summed E-state index contributed by atoms with van der Waals surface area (Å²) in [5.74, 6) is -0.356. The highest BCUT2D eigenvalue weighted by molar-refractivity contribution is 6.30. The maximum absolute atomic E-state index is 12.4. The molecule has 0 bridgehead atoms. The van der Waals surface area contributed by atoms with E-state index in [1.807, 2.05) is 39.8 Å². The third-order valence-corrected chi connectivity index (χ3v) is 5.53. The molecule has 182 valence electrons. The molecule has 2 amide bonds. The largest absolute Gasteiger partial charge is 0.493 e. The van der Waals surface area contributed by atoms with Gasteiger partial charge in [0.05, 0.1) is 19.3 Å². The van der Waals surface area contributed by atoms with Gasteiger partial charge in [0, 0.05) is 29.9 Å². The van der Waals surface area contributed by atoms with Gasteiger partial charge in [0.25, 0.3) is 5.91 Å². The van der Waals surface area contributed by atoms with Crippen molar-refractivity contribution in [1.82, 2.24) is 15.4 Å². The number of aromatic nitrogens is 1. The highest BCUT2D eigenvalue weighted by Gasteiger charge is 2.16. The zero-order valence-corrected chi connectivity index (χ0v) is 21.0. The zero-order valence-electron chi connectivity index (χ0n) is 20.2. The van der Waals surface area contributed by atoms with E-state index in [4.69, 9.17) is 21.1 Å². The molecule has 0 aliphatic heterocycles. The summed E-state index contributed by atoms with van der Waals surface area (Å²) in [7, 11) is 1.64. The molecule has 0 aliphatic carbocycles. The normalized spacial score (nSPS) is 12.1. The highest BCUT2D eigenvalue weighted by atomic mass is 35.5. The molecular weight excluding hydrogens is 456 g/mol. The van der Waals surface area contributed by atoms with Crippen molar-refractivity contribution >= 4 is 29.5 Å². The SMILES string of the molecule is COCC(C)n1c(C)cc(/C=C(/C#N)C(=O)NNC(=O)CCCOc2ccc(Cl)cc2C)c1C. The van der Waals surface area contributed by atoms with Gasteiger partial charge in [-0.05, 0) is 75.6 Å². The number of methoxy groups -OCH3 is 1. The molecule has 1 aromatic heterocycles. The van der Waals surface area contributed by atoms with Crippen LogP contribution in [0.25, 0.3) is 6.08 Å². The van der Waals surface area contributed by atoms with Crippen LogP contribution >= 0.6 is 11.6 Å². The molecule has 1 atom stereocenters. The minimum absolute atomic E-state index is 0.110. The molecule has 2 N–H and O–H groups in total. The summed E-state index contributed by atoms with van der Waals surface area (Å²) >= 11 is 5.93. The molecule has 1 aromatic carbocycles. The van der Waals surface area contributed by atoms with Crippen LogP contribution in [-0.4, -0.2) is 36.7 Å². The second-order valence-corrected chi connectivity index (χ2v) is 8.47. The smallest absolute Gasteiger partial charge is 0.280 e. The predicted molar refractivity (Wildman–Crippen MR) is 131 cm³/mol. The van der Waals surface area contributed by atoms with Crippen molar-refractivity contribution in [3.05, 3.63) is 57.4 Å². The van der Waals surface area contributed by atoms with E-state index >= 15 is 0 Å². The number of carbonyl (C=O) groups is 2. The van der Waals surface area contributed by atoms with Gasteiger partial charge in [0.1, 0.15) is 17.4 Å². The first kappa shape index (κ1) is 27.0. The Morgan fingerprint density at radius 1 is 1.24 bits per heavy atom. The number of rotatable bonds is 10. The van der Waals surface area contributed by atoms with Crippen LogP contribution in [0.4, 0.5) is 0 Å². The van der Waals surface area contributed by atoms with E-state index in [0.717, 1.165) is 22.5 Å². The summed E-state index contributed by atoms with van der Waals surface area (Å²) in [4.78, 5) is 24.5. The van der Waals surface area contributed by atoms with E-state index in [1.165, 1.54) is 6.08 Å². The summed E-state index contributed by atoms with van der Waals surface area (Å²) in [5.41, 5.74) is 8.12. The standard InChI is InChI=1S/C25H31ClN4O4/c1-16-11-22(26)8-9-23(16)34-10-6-7-24(31)28-29-25(32)21(14-27)13-20-12-17(2)30(19(20)4)18(3)15-33-5/h8-9,11-13,18H,6-7,10,15H2,1-5H3,(H,28,31)(H,29,32)/b21-13-. The minimum Gasteiger partial charge on any atom is -0.493 e. The van der Waals surface area contributed by atoms with Gasteiger partial charge in [-0.3, -0.25) is 20.4 Å². The van der Waals surface area contributed by atoms with Crippen molar-refractivity contribution in [2.75, 3.05) is 20.3 Å². The van der Waals surface area contributed by atoms with Crippen LogP contribution in [0.5, 0.6) is 5.75 Å². The maximum Gasteiger partial charge on any atom is 0.280 e. The molecule has 0 spiro atoms. The molecule has 0 saturated carbocycles. The first-order valence-electron chi connectivity index (χ1n) is 10.9. The summed E-state index contributed by atoms with van der Waals surface area (Å²) in [5, 5.41) is 10.1. The Morgan fingerprint density at radius 3 is 2.62 bits per heavy atom. The number of hydrogen-bond acceptors (Lipinski definition) is 5. The molecule has 8 nitrogen and oxygen atoms in total. The Bertz CT molecular complexity index is 1100. The first-order chi connectivity index (χ1) is 16.2. The average molecular weight is 487 g/mol. The van der Waals surface area contributed by atoms with E-state index in [1.54, 1.807) is 25.3 Å². The van der Waals surface area contributed by atoms with Crippen molar-refractivity contribution in [3.63, 3.8) is 0 Å². The zero-order chi connectivity index (χ0) is 25.3. The van der Waals surface area contributed by atoms with Crippen LogP contribution in [0.3, 0.4) is 0 Å². The van der Waals surface area contributed by atoms with Crippen molar-refractivity contribution in [2.24, 2.45) is 0 Å². The number of aryl methyl sites for hydroxylation is 2. The van der Waals surface area contributed by atoms with Gasteiger partial charge in [-0.15, -0.1) is 0 Å². The minimum atomic E-state index is -0.682. The number of benzene rings is 1. The van der Waals surface area contributed by atoms with E-state index in [-0.39, 0.29) is 23.9 Å². The molecule has 1 heterocycles. The van der Waals surface area contributed by atoms with E-state index in [2.05, 4.69) is 15.4 Å². The Labute approximate surface area is 205 Å². The highest BCUT2D eigenvalue weighted by Crippen LogP contribution is 2.23. The van der Waals surface area contributed by atoms with Gasteiger partial charge < -0.3 is 14.0 Å². The van der Waals surface area contributed by atoms with Gasteiger partial charge in [-0.2, -0.15) is 5.26 Å². The Balaban J connectivity index is 1.88. The lowest BCUT2D eigenvalue weighted by atomic mass is 10.1. The number of nitrogens with one attached hydrogen (secondary N) is 2. The number of halogens is 1. The molecule has 9 heteroatoms. The Morgan fingerprint density at radius 2 is 1.97 bits per heavy atom. The number of carbonyl (C=O) groups excluding carboxylic acids is 2. The van der Waals surface area contributed by atoms with Crippen molar-refractivity contribution in [2.45, 2.75) is 46.6 Å². The summed E-state index contributed by atoms with van der Waals surface area (Å²) in [6, 6.07) is 9.24. The van der Waals surface area contributed by atoms with E-state index in [0.29, 0.717) is 30.4 Å². The lowest BCUT2D eigenvalue weighted by molar-refractivity contribution is -0.127. The van der Waals surface area contributed by atoms with Crippen molar-refractivity contribution < 1.29 is 19.1 Å². The fraction of sp³-hybridized carbons (Fsp3) is 0.400. The summed E-state index contributed by atoms with van der Waals surface area (Å²) < 4.78 is 13.0. The van der Waals surface area contributed by atoms with Crippen LogP contribution in [0.15, 0.2) is 29.8 Å². The quantitative estimate of drug-likeness (QED) is 0.227. The second-order valence-electron chi connectivity index (χ2n) is 8.03. The van der Waals surface area contributed by atoms with Gasteiger partial charge in [-0.25, -0.2) is 0 Å². The topological polar surface area (TPSA) is 105 Å². The molecule has 0 radical (unpaired) electrons. The molecule has 1 unspecified atom stereocenters. The van der Waals surface area contributed by atoms with Gasteiger partial charge in [0.15, 0.2) is 0 Å². The fourth-order valence-corrected chi connectivity index (χ4v) is 3.92. The van der Waals surface area contributed by atoms with Crippen LogP contribution in [-0.2, 0) is 14.3 Å². The number of ether oxygens (including phenoxy) is 2. The molecule has 2 rings (SSSR count). The lowest BCUT2D eigenvalue weighted by Crippen LogP contribution is -2.42. The molecule has 2 aromatic rings. The molecule has 0 aliphatic rings. The van der Waals surface area contributed by atoms with E-state index < -0.39 is 5.91 Å². The van der Waals surface area contributed by atoms with Gasteiger partial charge in [0.2, 0.25) is 5.91 Å².